The third kappa shape index (κ3) is 5.40. The number of benzene rings is 1. The van der Waals surface area contributed by atoms with E-state index in [1.165, 1.54) is 25.1 Å². The molecular formula is C21H27FN4O3. The summed E-state index contributed by atoms with van der Waals surface area (Å²) in [6, 6.07) is 4.21. The second kappa shape index (κ2) is 9.15. The first kappa shape index (κ1) is 21.0. The van der Waals surface area contributed by atoms with E-state index in [9.17, 15) is 14.0 Å². The van der Waals surface area contributed by atoms with Crippen molar-refractivity contribution in [2.75, 3.05) is 5.32 Å². The summed E-state index contributed by atoms with van der Waals surface area (Å²) in [4.78, 5) is 28.5. The van der Waals surface area contributed by atoms with Crippen LogP contribution in [-0.4, -0.2) is 22.0 Å². The molecule has 0 spiro atoms. The van der Waals surface area contributed by atoms with Crippen molar-refractivity contribution >= 4 is 17.5 Å². The Morgan fingerprint density at radius 3 is 2.59 bits per heavy atom. The summed E-state index contributed by atoms with van der Waals surface area (Å²) in [5.74, 6) is 0.169. The predicted molar refractivity (Wildman–Crippen MR) is 106 cm³/mol. The molecule has 0 unspecified atom stereocenters. The summed E-state index contributed by atoms with van der Waals surface area (Å²) in [6.07, 6.45) is 6.21. The molecule has 2 amide bonds. The topological polar surface area (TPSA) is 97.1 Å². The van der Waals surface area contributed by atoms with Crippen LogP contribution >= 0.6 is 0 Å². The zero-order valence-electron chi connectivity index (χ0n) is 16.9. The molecule has 0 atom stereocenters. The minimum absolute atomic E-state index is 0.118. The lowest BCUT2D eigenvalue weighted by Crippen LogP contribution is -2.45. The SMILES string of the molecule is CC(=O)NC1(c2noc(CCC(=O)Nc3ccc(F)cc3C)n2)CCCCCC1. The zero-order valence-corrected chi connectivity index (χ0v) is 16.9. The number of halogens is 1. The number of rotatable bonds is 6. The number of aryl methyl sites for hydroxylation is 2. The number of hydrogen-bond donors (Lipinski definition) is 2. The molecule has 2 N–H and O–H groups in total. The van der Waals surface area contributed by atoms with Crippen LogP contribution in [0.5, 0.6) is 0 Å². The van der Waals surface area contributed by atoms with E-state index in [1.54, 1.807) is 6.92 Å². The third-order valence-corrected chi connectivity index (χ3v) is 5.30. The van der Waals surface area contributed by atoms with Gasteiger partial charge < -0.3 is 15.2 Å². The van der Waals surface area contributed by atoms with Gasteiger partial charge in [-0.25, -0.2) is 4.39 Å². The van der Waals surface area contributed by atoms with Crippen LogP contribution < -0.4 is 10.6 Å². The van der Waals surface area contributed by atoms with Crippen LogP contribution in [0.3, 0.4) is 0 Å². The van der Waals surface area contributed by atoms with Gasteiger partial charge in [-0.1, -0.05) is 30.8 Å². The Kier molecular flexibility index (Phi) is 6.61. The molecule has 0 saturated heterocycles. The zero-order chi connectivity index (χ0) is 20.9. The maximum Gasteiger partial charge on any atom is 0.227 e. The van der Waals surface area contributed by atoms with Crippen LogP contribution in [0, 0.1) is 12.7 Å². The summed E-state index contributed by atoms with van der Waals surface area (Å²) >= 11 is 0. The maximum absolute atomic E-state index is 13.2. The molecular weight excluding hydrogens is 375 g/mol. The predicted octanol–water partition coefficient (Wildman–Crippen LogP) is 3.77. The fourth-order valence-corrected chi connectivity index (χ4v) is 3.82. The van der Waals surface area contributed by atoms with E-state index in [-0.39, 0.29) is 30.5 Å². The smallest absolute Gasteiger partial charge is 0.227 e. The summed E-state index contributed by atoms with van der Waals surface area (Å²) in [5.41, 5.74) is 0.632. The van der Waals surface area contributed by atoms with Gasteiger partial charge in [-0.3, -0.25) is 9.59 Å². The quantitative estimate of drug-likeness (QED) is 0.717. The van der Waals surface area contributed by atoms with Crippen molar-refractivity contribution in [2.45, 2.75) is 70.8 Å². The summed E-state index contributed by atoms with van der Waals surface area (Å²) in [7, 11) is 0. The maximum atomic E-state index is 13.2. The van der Waals surface area contributed by atoms with Crippen molar-refractivity contribution in [1.29, 1.82) is 0 Å². The molecule has 8 heteroatoms. The number of nitrogens with one attached hydrogen (secondary N) is 2. The highest BCUT2D eigenvalue weighted by molar-refractivity contribution is 5.91. The number of hydrogen-bond acceptors (Lipinski definition) is 5. The Morgan fingerprint density at radius 2 is 1.93 bits per heavy atom. The van der Waals surface area contributed by atoms with Crippen molar-refractivity contribution < 1.29 is 18.5 Å². The number of nitrogens with zero attached hydrogens (tertiary/aromatic N) is 2. The second-order valence-corrected chi connectivity index (χ2v) is 7.70. The van der Waals surface area contributed by atoms with Crippen molar-refractivity contribution in [1.82, 2.24) is 15.5 Å². The number of carbonyl (C=O) groups is 2. The van der Waals surface area contributed by atoms with Crippen molar-refractivity contribution in [3.63, 3.8) is 0 Å². The van der Waals surface area contributed by atoms with Gasteiger partial charge in [-0.15, -0.1) is 0 Å². The molecule has 0 aliphatic heterocycles. The highest BCUT2D eigenvalue weighted by atomic mass is 19.1. The first-order chi connectivity index (χ1) is 13.9. The third-order valence-electron chi connectivity index (χ3n) is 5.30. The van der Waals surface area contributed by atoms with Crippen LogP contribution in [0.2, 0.25) is 0 Å². The molecule has 1 aliphatic rings. The minimum atomic E-state index is -0.600. The van der Waals surface area contributed by atoms with E-state index < -0.39 is 5.54 Å². The van der Waals surface area contributed by atoms with Crippen LogP contribution in [0.4, 0.5) is 10.1 Å². The van der Waals surface area contributed by atoms with E-state index in [0.29, 0.717) is 23.0 Å². The normalized spacial score (nSPS) is 16.1. The van der Waals surface area contributed by atoms with Gasteiger partial charge in [0, 0.05) is 25.5 Å². The van der Waals surface area contributed by atoms with Crippen molar-refractivity contribution in [3.05, 3.63) is 41.3 Å². The van der Waals surface area contributed by atoms with Crippen LogP contribution in [0.15, 0.2) is 22.7 Å². The van der Waals surface area contributed by atoms with Gasteiger partial charge in [-0.2, -0.15) is 4.98 Å². The molecule has 1 aromatic heterocycles. The molecule has 1 aromatic carbocycles. The fourth-order valence-electron chi connectivity index (χ4n) is 3.82. The Hall–Kier alpha value is -2.77. The van der Waals surface area contributed by atoms with Gasteiger partial charge in [0.15, 0.2) is 5.82 Å². The number of anilines is 1. The van der Waals surface area contributed by atoms with Crippen molar-refractivity contribution in [3.8, 4) is 0 Å². The molecule has 7 nitrogen and oxygen atoms in total. The Bertz CT molecular complexity index is 873. The molecule has 1 fully saturated rings. The Balaban J connectivity index is 1.64. The highest BCUT2D eigenvalue weighted by Crippen LogP contribution is 2.34. The molecule has 29 heavy (non-hydrogen) atoms. The molecule has 2 aromatic rings. The Labute approximate surface area is 169 Å². The first-order valence-corrected chi connectivity index (χ1v) is 10.1. The van der Waals surface area contributed by atoms with Gasteiger partial charge in [0.25, 0.3) is 0 Å². The molecule has 0 radical (unpaired) electrons. The van der Waals surface area contributed by atoms with Gasteiger partial charge in [0.2, 0.25) is 17.7 Å². The second-order valence-electron chi connectivity index (χ2n) is 7.70. The van der Waals surface area contributed by atoms with E-state index >= 15 is 0 Å². The van der Waals surface area contributed by atoms with Crippen molar-refractivity contribution in [2.24, 2.45) is 0 Å². The van der Waals surface area contributed by atoms with Crippen LogP contribution in [0.25, 0.3) is 0 Å². The average Bonchev–Trinajstić information content (AvgIpc) is 3.02. The standard InChI is InChI=1S/C21H27FN4O3/c1-14-13-16(22)7-8-17(14)23-18(28)9-10-19-24-20(26-29-19)21(25-15(2)27)11-5-3-4-6-12-21/h7-8,13H,3-6,9-12H2,1-2H3,(H,23,28)(H,25,27). The summed E-state index contributed by atoms with van der Waals surface area (Å²) in [6.45, 7) is 3.23. The van der Waals surface area contributed by atoms with E-state index in [4.69, 9.17) is 4.52 Å². The van der Waals surface area contributed by atoms with E-state index in [2.05, 4.69) is 20.8 Å². The van der Waals surface area contributed by atoms with E-state index in [1.807, 2.05) is 0 Å². The molecule has 3 rings (SSSR count). The lowest BCUT2D eigenvalue weighted by atomic mass is 9.89. The number of aromatic nitrogens is 2. The first-order valence-electron chi connectivity index (χ1n) is 10.1. The van der Waals surface area contributed by atoms with E-state index in [0.717, 1.165) is 38.5 Å². The fraction of sp³-hybridized carbons (Fsp3) is 0.524. The van der Waals surface area contributed by atoms with Gasteiger partial charge in [0.05, 0.1) is 0 Å². The van der Waals surface area contributed by atoms with Crippen LogP contribution in [0.1, 0.15) is 69.1 Å². The van der Waals surface area contributed by atoms with Crippen LogP contribution in [-0.2, 0) is 21.5 Å². The minimum Gasteiger partial charge on any atom is -0.343 e. The number of carbonyl (C=O) groups excluding carboxylic acids is 2. The van der Waals surface area contributed by atoms with Gasteiger partial charge in [-0.05, 0) is 43.5 Å². The van der Waals surface area contributed by atoms with Gasteiger partial charge >= 0.3 is 0 Å². The molecule has 1 saturated carbocycles. The largest absolute Gasteiger partial charge is 0.343 e. The molecule has 0 bridgehead atoms. The lowest BCUT2D eigenvalue weighted by Gasteiger charge is -2.30. The molecule has 156 valence electrons. The summed E-state index contributed by atoms with van der Waals surface area (Å²) < 4.78 is 18.5. The Morgan fingerprint density at radius 1 is 1.21 bits per heavy atom. The highest BCUT2D eigenvalue weighted by Gasteiger charge is 2.38. The van der Waals surface area contributed by atoms with Gasteiger partial charge in [0.1, 0.15) is 11.4 Å². The average molecular weight is 402 g/mol. The molecule has 1 heterocycles. The molecule has 1 aliphatic carbocycles. The lowest BCUT2D eigenvalue weighted by molar-refractivity contribution is -0.121. The number of amides is 2. The summed E-state index contributed by atoms with van der Waals surface area (Å²) in [5, 5.41) is 9.92. The monoisotopic (exact) mass is 402 g/mol.